The molecule has 2 aromatic carbocycles. The highest BCUT2D eigenvalue weighted by molar-refractivity contribution is 7.93. The summed E-state index contributed by atoms with van der Waals surface area (Å²) in [5.41, 5.74) is 2.60. The predicted molar refractivity (Wildman–Crippen MR) is 117 cm³/mol. The zero-order chi connectivity index (χ0) is 21.2. The van der Waals surface area contributed by atoms with Crippen molar-refractivity contribution in [3.8, 4) is 0 Å². The number of carbonyl (C=O) groups is 1. The van der Waals surface area contributed by atoms with Crippen molar-refractivity contribution >= 4 is 27.3 Å². The van der Waals surface area contributed by atoms with Gasteiger partial charge < -0.3 is 9.88 Å². The van der Waals surface area contributed by atoms with Crippen LogP contribution >= 0.6 is 0 Å². The van der Waals surface area contributed by atoms with Gasteiger partial charge in [0.1, 0.15) is 11.1 Å². The van der Waals surface area contributed by atoms with E-state index in [1.807, 2.05) is 31.1 Å². The number of aromatic amines is 1. The molecule has 0 spiro atoms. The van der Waals surface area contributed by atoms with Crippen molar-refractivity contribution in [2.45, 2.75) is 12.2 Å². The number of nitrogens with zero attached hydrogens (tertiary/aromatic N) is 2. The monoisotopic (exact) mass is 411 g/mol. The van der Waals surface area contributed by atoms with Gasteiger partial charge in [0.05, 0.1) is 0 Å². The Morgan fingerprint density at radius 3 is 2.21 bits per heavy atom. The first-order valence-corrected chi connectivity index (χ1v) is 10.8. The smallest absolute Gasteiger partial charge is 0.242 e. The summed E-state index contributed by atoms with van der Waals surface area (Å²) in [6.07, 6.45) is 1.67. The number of nitrogens with one attached hydrogen (secondary N) is 1. The van der Waals surface area contributed by atoms with E-state index in [9.17, 15) is 13.2 Å². The van der Waals surface area contributed by atoms with Crippen LogP contribution in [0.3, 0.4) is 0 Å². The predicted octanol–water partition coefficient (Wildman–Crippen LogP) is 3.84. The van der Waals surface area contributed by atoms with E-state index in [1.165, 1.54) is 11.4 Å². The van der Waals surface area contributed by atoms with Crippen molar-refractivity contribution in [3.63, 3.8) is 0 Å². The molecule has 0 aliphatic carbocycles. The molecule has 29 heavy (non-hydrogen) atoms. The molecule has 0 bridgehead atoms. The van der Waals surface area contributed by atoms with E-state index in [4.69, 9.17) is 0 Å². The summed E-state index contributed by atoms with van der Waals surface area (Å²) in [6.45, 7) is 1.63. The van der Waals surface area contributed by atoms with Crippen molar-refractivity contribution in [1.29, 1.82) is 0 Å². The maximum Gasteiger partial charge on any atom is 0.242 e. The molecule has 0 saturated carbocycles. The Morgan fingerprint density at radius 2 is 1.62 bits per heavy atom. The van der Waals surface area contributed by atoms with Crippen LogP contribution in [-0.4, -0.2) is 40.3 Å². The van der Waals surface area contributed by atoms with Crippen molar-refractivity contribution in [2.24, 2.45) is 0 Å². The summed E-state index contributed by atoms with van der Waals surface area (Å²) in [5.74, 6) is 0.351. The topological polar surface area (TPSA) is 73.5 Å². The maximum absolute atomic E-state index is 13.0. The molecule has 0 aliphatic heterocycles. The van der Waals surface area contributed by atoms with Gasteiger partial charge in [-0.3, -0.25) is 9.10 Å². The quantitative estimate of drug-likeness (QED) is 0.600. The van der Waals surface area contributed by atoms with E-state index in [0.29, 0.717) is 22.5 Å². The Hall–Kier alpha value is -3.06. The number of sulfonamides is 1. The number of rotatable bonds is 7. The van der Waals surface area contributed by atoms with Crippen LogP contribution in [0.5, 0.6) is 0 Å². The average Bonchev–Trinajstić information content (AvgIpc) is 3.27. The van der Waals surface area contributed by atoms with Gasteiger partial charge in [-0.2, -0.15) is 0 Å². The molecule has 0 saturated heterocycles. The number of carbonyl (C=O) groups excluding carboxylic acids is 1. The normalized spacial score (nSPS) is 12.4. The van der Waals surface area contributed by atoms with Crippen LogP contribution in [0.1, 0.15) is 33.7 Å². The van der Waals surface area contributed by atoms with Crippen molar-refractivity contribution < 1.29 is 13.2 Å². The second-order valence-corrected chi connectivity index (χ2v) is 9.39. The van der Waals surface area contributed by atoms with Crippen LogP contribution in [-0.2, 0) is 10.0 Å². The van der Waals surface area contributed by atoms with Gasteiger partial charge in [0.15, 0.2) is 5.78 Å². The maximum atomic E-state index is 13.0. The highest BCUT2D eigenvalue weighted by Gasteiger charge is 2.28. The van der Waals surface area contributed by atoms with E-state index in [-0.39, 0.29) is 5.78 Å². The number of ketones is 1. The minimum atomic E-state index is -3.65. The Kier molecular flexibility index (Phi) is 5.79. The lowest BCUT2D eigenvalue weighted by molar-refractivity contribution is 0.103. The third kappa shape index (κ3) is 4.19. The molecule has 0 radical (unpaired) electrons. The fourth-order valence-electron chi connectivity index (χ4n) is 3.07. The highest BCUT2D eigenvalue weighted by Crippen LogP contribution is 2.28. The van der Waals surface area contributed by atoms with Gasteiger partial charge in [-0.1, -0.05) is 18.2 Å². The van der Waals surface area contributed by atoms with E-state index in [1.54, 1.807) is 61.7 Å². The Balaban J connectivity index is 1.87. The number of H-pyrrole nitrogens is 1. The van der Waals surface area contributed by atoms with Gasteiger partial charge in [0, 0.05) is 44.2 Å². The minimum absolute atomic E-state index is 0.139. The highest BCUT2D eigenvalue weighted by atomic mass is 32.2. The molecule has 0 amide bonds. The average molecular weight is 412 g/mol. The second-order valence-electron chi connectivity index (χ2n) is 7.11. The molecule has 0 aliphatic rings. The molecule has 1 aromatic heterocycles. The van der Waals surface area contributed by atoms with Crippen LogP contribution in [0.4, 0.5) is 11.5 Å². The first-order valence-electron chi connectivity index (χ1n) is 9.25. The van der Waals surface area contributed by atoms with Gasteiger partial charge in [0.25, 0.3) is 0 Å². The number of hydrogen-bond donors (Lipinski definition) is 1. The number of benzene rings is 2. The molecule has 1 atom stereocenters. The molecule has 3 aromatic rings. The van der Waals surface area contributed by atoms with Crippen molar-refractivity contribution in [1.82, 2.24) is 4.98 Å². The molecule has 7 heteroatoms. The lowest BCUT2D eigenvalue weighted by atomic mass is 10.0. The standard InChI is InChI=1S/C22H25N3O3S/c1-16(29(27,28)25(4)21-9-6-14-23-21)18-7-5-8-19(15-18)22(26)17-10-12-20(13-11-17)24(2)3/h5-16,23H,1-4H3. The zero-order valence-corrected chi connectivity index (χ0v) is 17.8. The molecular formula is C22H25N3O3S. The van der Waals surface area contributed by atoms with Crippen LogP contribution in [0, 0.1) is 0 Å². The lowest BCUT2D eigenvalue weighted by Gasteiger charge is -2.23. The zero-order valence-electron chi connectivity index (χ0n) is 17.0. The number of hydrogen-bond acceptors (Lipinski definition) is 4. The van der Waals surface area contributed by atoms with E-state index >= 15 is 0 Å². The number of anilines is 2. The molecule has 1 unspecified atom stereocenters. The molecule has 6 nitrogen and oxygen atoms in total. The van der Waals surface area contributed by atoms with Gasteiger partial charge >= 0.3 is 0 Å². The third-order valence-electron chi connectivity index (χ3n) is 5.01. The summed E-state index contributed by atoms with van der Waals surface area (Å²) in [7, 11) is 1.73. The van der Waals surface area contributed by atoms with Crippen molar-refractivity contribution in [2.75, 3.05) is 30.3 Å². The fraction of sp³-hybridized carbons (Fsp3) is 0.227. The van der Waals surface area contributed by atoms with Crippen molar-refractivity contribution in [3.05, 3.63) is 83.6 Å². The molecular weight excluding hydrogens is 386 g/mol. The Labute approximate surface area is 171 Å². The molecule has 1 heterocycles. The van der Waals surface area contributed by atoms with Gasteiger partial charge in [0.2, 0.25) is 10.0 Å². The van der Waals surface area contributed by atoms with Gasteiger partial charge in [-0.25, -0.2) is 8.42 Å². The first-order chi connectivity index (χ1) is 13.7. The van der Waals surface area contributed by atoms with Gasteiger partial charge in [-0.05, 0) is 55.0 Å². The van der Waals surface area contributed by atoms with Crippen LogP contribution in [0.2, 0.25) is 0 Å². The summed E-state index contributed by atoms with van der Waals surface area (Å²) in [5, 5.41) is -0.806. The summed E-state index contributed by atoms with van der Waals surface area (Å²) < 4.78 is 27.2. The minimum Gasteiger partial charge on any atom is -0.378 e. The van der Waals surface area contributed by atoms with Gasteiger partial charge in [-0.15, -0.1) is 0 Å². The van der Waals surface area contributed by atoms with Crippen LogP contribution in [0.15, 0.2) is 66.9 Å². The largest absolute Gasteiger partial charge is 0.378 e. The number of aromatic nitrogens is 1. The molecule has 3 rings (SSSR count). The fourth-order valence-corrected chi connectivity index (χ4v) is 4.43. The molecule has 152 valence electrons. The summed E-state index contributed by atoms with van der Waals surface area (Å²) in [4.78, 5) is 17.8. The van der Waals surface area contributed by atoms with E-state index in [0.717, 1.165) is 5.69 Å². The summed E-state index contributed by atoms with van der Waals surface area (Å²) >= 11 is 0. The molecule has 1 N–H and O–H groups in total. The Bertz CT molecular complexity index is 1090. The second kappa shape index (κ2) is 8.13. The first kappa shape index (κ1) is 20.7. The molecule has 0 fully saturated rings. The van der Waals surface area contributed by atoms with Crippen LogP contribution < -0.4 is 9.21 Å². The Morgan fingerprint density at radius 1 is 0.931 bits per heavy atom. The van der Waals surface area contributed by atoms with E-state index < -0.39 is 15.3 Å². The van der Waals surface area contributed by atoms with E-state index in [2.05, 4.69) is 4.98 Å². The SMILES string of the molecule is CC(c1cccc(C(=O)c2ccc(N(C)C)cc2)c1)S(=O)(=O)N(C)c1ccc[nH]1. The van der Waals surface area contributed by atoms with Crippen LogP contribution in [0.25, 0.3) is 0 Å². The summed E-state index contributed by atoms with van der Waals surface area (Å²) in [6, 6.07) is 17.6. The lowest BCUT2D eigenvalue weighted by Crippen LogP contribution is -2.30. The third-order valence-corrected chi connectivity index (χ3v) is 7.14.